The van der Waals surface area contributed by atoms with Crippen LogP contribution in [0.25, 0.3) is 0 Å². The first-order chi connectivity index (χ1) is 15.1. The molecule has 3 heteroatoms. The average molecular weight is 421 g/mol. The Morgan fingerprint density at radius 2 is 1.77 bits per heavy atom. The molecule has 0 bridgehead atoms. The number of benzene rings is 2. The molecule has 0 radical (unpaired) electrons. The van der Waals surface area contributed by atoms with Crippen LogP contribution < -0.4 is 9.47 Å². The van der Waals surface area contributed by atoms with E-state index in [2.05, 4.69) is 31.2 Å². The third-order valence-corrected chi connectivity index (χ3v) is 7.96. The van der Waals surface area contributed by atoms with Crippen LogP contribution in [0.3, 0.4) is 0 Å². The van der Waals surface area contributed by atoms with Gasteiger partial charge in [-0.1, -0.05) is 51.1 Å². The van der Waals surface area contributed by atoms with E-state index in [0.29, 0.717) is 30.1 Å². The Balaban J connectivity index is 0.00000112. The molecule has 2 fully saturated rings. The van der Waals surface area contributed by atoms with Gasteiger partial charge in [0.15, 0.2) is 11.5 Å². The highest BCUT2D eigenvalue weighted by atomic mass is 16.5. The molecule has 2 aromatic carbocycles. The molecular weight excluding hydrogens is 384 g/mol. The molecule has 0 aliphatic heterocycles. The lowest BCUT2D eigenvalue weighted by atomic mass is 9.55. The van der Waals surface area contributed by atoms with Crippen molar-refractivity contribution in [2.75, 3.05) is 7.11 Å². The van der Waals surface area contributed by atoms with Gasteiger partial charge in [0.1, 0.15) is 12.4 Å². The summed E-state index contributed by atoms with van der Waals surface area (Å²) < 4.78 is 11.9. The number of ketones is 1. The highest BCUT2D eigenvalue weighted by molar-refractivity contribution is 5.87. The van der Waals surface area contributed by atoms with Gasteiger partial charge in [0.05, 0.1) is 7.11 Å². The first-order valence-corrected chi connectivity index (χ1v) is 12.0. The second-order valence-corrected chi connectivity index (χ2v) is 9.31. The summed E-state index contributed by atoms with van der Waals surface area (Å²) in [5.41, 5.74) is 3.93. The molecule has 3 aliphatic carbocycles. The average Bonchev–Trinajstić information content (AvgIpc) is 3.13. The van der Waals surface area contributed by atoms with E-state index in [4.69, 9.17) is 9.47 Å². The van der Waals surface area contributed by atoms with Gasteiger partial charge in [-0.05, 0) is 78.7 Å². The number of hydrogen-bond donors (Lipinski definition) is 0. The fourth-order valence-electron chi connectivity index (χ4n) is 6.36. The van der Waals surface area contributed by atoms with E-state index in [9.17, 15) is 4.79 Å². The quantitative estimate of drug-likeness (QED) is 0.550. The van der Waals surface area contributed by atoms with Crippen LogP contribution in [-0.4, -0.2) is 12.9 Å². The number of carbonyl (C=O) groups excluding carboxylic acids is 1. The largest absolute Gasteiger partial charge is 0.493 e. The lowest BCUT2D eigenvalue weighted by Gasteiger charge is -2.48. The molecule has 3 aliphatic rings. The zero-order valence-electron chi connectivity index (χ0n) is 19.4. The van der Waals surface area contributed by atoms with Crippen LogP contribution in [0.15, 0.2) is 42.5 Å². The Kier molecular flexibility index (Phi) is 6.41. The van der Waals surface area contributed by atoms with Gasteiger partial charge < -0.3 is 9.47 Å². The summed E-state index contributed by atoms with van der Waals surface area (Å²) >= 11 is 0. The molecule has 2 aromatic rings. The second-order valence-electron chi connectivity index (χ2n) is 9.31. The maximum Gasteiger partial charge on any atom is 0.161 e. The van der Waals surface area contributed by atoms with Crippen molar-refractivity contribution < 1.29 is 14.3 Å². The van der Waals surface area contributed by atoms with Gasteiger partial charge in [-0.15, -0.1) is 0 Å². The Labute approximate surface area is 187 Å². The molecule has 0 heterocycles. The van der Waals surface area contributed by atoms with E-state index in [1.165, 1.54) is 17.5 Å². The molecule has 0 amide bonds. The Morgan fingerprint density at radius 3 is 2.52 bits per heavy atom. The summed E-state index contributed by atoms with van der Waals surface area (Å²) in [6, 6.07) is 14.7. The fourth-order valence-corrected chi connectivity index (χ4v) is 6.36. The Morgan fingerprint density at radius 1 is 1.00 bits per heavy atom. The number of fused-ring (bicyclic) bond motifs is 5. The summed E-state index contributed by atoms with van der Waals surface area (Å²) in [7, 11) is 1.73. The van der Waals surface area contributed by atoms with Gasteiger partial charge in [0.2, 0.25) is 0 Å². The number of rotatable bonds is 4. The van der Waals surface area contributed by atoms with E-state index in [1.54, 1.807) is 7.11 Å². The van der Waals surface area contributed by atoms with Crippen molar-refractivity contribution in [2.24, 2.45) is 17.3 Å². The number of methoxy groups -OCH3 is 1. The normalized spacial score (nSPS) is 28.5. The first-order valence-electron chi connectivity index (χ1n) is 12.0. The van der Waals surface area contributed by atoms with Crippen molar-refractivity contribution in [2.45, 2.75) is 71.8 Å². The van der Waals surface area contributed by atoms with E-state index >= 15 is 0 Å². The fraction of sp³-hybridized carbons (Fsp3) is 0.536. The predicted molar refractivity (Wildman–Crippen MR) is 125 cm³/mol. The third-order valence-electron chi connectivity index (χ3n) is 7.96. The molecule has 166 valence electrons. The summed E-state index contributed by atoms with van der Waals surface area (Å²) in [6.07, 6.45) is 6.28. The van der Waals surface area contributed by atoms with Gasteiger partial charge >= 0.3 is 0 Å². The van der Waals surface area contributed by atoms with E-state index in [-0.39, 0.29) is 5.41 Å². The van der Waals surface area contributed by atoms with Gasteiger partial charge in [-0.25, -0.2) is 0 Å². The second kappa shape index (κ2) is 9.06. The summed E-state index contributed by atoms with van der Waals surface area (Å²) in [4.78, 5) is 12.5. The van der Waals surface area contributed by atoms with E-state index in [1.807, 2.05) is 32.0 Å². The van der Waals surface area contributed by atoms with Crippen molar-refractivity contribution in [1.82, 2.24) is 0 Å². The molecule has 2 saturated carbocycles. The van der Waals surface area contributed by atoms with Gasteiger partial charge in [0.25, 0.3) is 0 Å². The minimum atomic E-state index is -0.0680. The molecule has 4 atom stereocenters. The van der Waals surface area contributed by atoms with Crippen LogP contribution in [0.4, 0.5) is 0 Å². The Hall–Kier alpha value is -2.29. The number of carbonyl (C=O) groups is 1. The molecule has 3 unspecified atom stereocenters. The smallest absolute Gasteiger partial charge is 0.161 e. The molecule has 0 spiro atoms. The number of hydrogen-bond acceptors (Lipinski definition) is 3. The summed E-state index contributed by atoms with van der Waals surface area (Å²) in [5, 5.41) is 0. The van der Waals surface area contributed by atoms with Gasteiger partial charge in [-0.2, -0.15) is 0 Å². The highest BCUT2D eigenvalue weighted by Gasteiger charge is 2.54. The van der Waals surface area contributed by atoms with Gasteiger partial charge in [0, 0.05) is 11.8 Å². The zero-order chi connectivity index (χ0) is 22.0. The monoisotopic (exact) mass is 420 g/mol. The minimum absolute atomic E-state index is 0.0680. The number of ether oxygens (including phenoxy) is 2. The SMILES string of the molecule is CC.COc1cc2c(cc1OCc1ccccc1)CCC1C2CC[C@]2(C)C(=O)CCC12. The van der Waals surface area contributed by atoms with Crippen molar-refractivity contribution in [1.29, 1.82) is 0 Å². The van der Waals surface area contributed by atoms with E-state index < -0.39 is 0 Å². The minimum Gasteiger partial charge on any atom is -0.493 e. The van der Waals surface area contributed by atoms with Crippen LogP contribution in [0, 0.1) is 17.3 Å². The summed E-state index contributed by atoms with van der Waals surface area (Å²) in [6.45, 7) is 6.78. The van der Waals surface area contributed by atoms with Crippen molar-refractivity contribution in [3.05, 3.63) is 59.2 Å². The molecular formula is C28H36O3. The molecule has 0 N–H and O–H groups in total. The first kappa shape index (κ1) is 21.9. The maximum absolute atomic E-state index is 12.5. The predicted octanol–water partition coefficient (Wildman–Crippen LogP) is 6.73. The van der Waals surface area contributed by atoms with Crippen molar-refractivity contribution in [3.8, 4) is 11.5 Å². The molecule has 5 rings (SSSR count). The van der Waals surface area contributed by atoms with E-state index in [0.717, 1.165) is 49.2 Å². The van der Waals surface area contributed by atoms with Crippen LogP contribution in [-0.2, 0) is 17.8 Å². The van der Waals surface area contributed by atoms with Crippen molar-refractivity contribution in [3.63, 3.8) is 0 Å². The van der Waals surface area contributed by atoms with Gasteiger partial charge in [-0.3, -0.25) is 4.79 Å². The van der Waals surface area contributed by atoms with Crippen molar-refractivity contribution >= 4 is 5.78 Å². The zero-order valence-corrected chi connectivity index (χ0v) is 19.4. The molecule has 0 aromatic heterocycles. The summed E-state index contributed by atoms with van der Waals surface area (Å²) in [5.74, 6) is 3.92. The number of Topliss-reactive ketones (excluding diaryl/α,β-unsaturated/α-hetero) is 1. The van der Waals surface area contributed by atoms with Crippen LogP contribution in [0.5, 0.6) is 11.5 Å². The van der Waals surface area contributed by atoms with Crippen LogP contribution >= 0.6 is 0 Å². The maximum atomic E-state index is 12.5. The topological polar surface area (TPSA) is 35.5 Å². The lowest BCUT2D eigenvalue weighted by molar-refractivity contribution is -0.129. The molecule has 3 nitrogen and oxygen atoms in total. The number of aryl methyl sites for hydroxylation is 1. The molecule has 0 saturated heterocycles. The van der Waals surface area contributed by atoms with Crippen LogP contribution in [0.2, 0.25) is 0 Å². The molecule has 31 heavy (non-hydrogen) atoms. The van der Waals surface area contributed by atoms with Crippen LogP contribution in [0.1, 0.15) is 75.5 Å². The lowest BCUT2D eigenvalue weighted by Crippen LogP contribution is -2.42. The Bertz CT molecular complexity index is 919. The third kappa shape index (κ3) is 3.88. The standard InChI is InChI=1S/C26H30O3.C2H6/c1-26-13-12-19-20(22(26)10-11-25(26)27)9-8-18-14-24(23(28-2)15-21(18)19)29-16-17-6-4-3-5-7-17;1-2/h3-7,14-15,19-20,22H,8-13,16H2,1-2H3;1-2H3/t19?,20?,22?,26-;/m0./s1. The highest BCUT2D eigenvalue weighted by Crippen LogP contribution is 2.60.